The summed E-state index contributed by atoms with van der Waals surface area (Å²) in [4.78, 5) is 2.43. The Morgan fingerprint density at radius 3 is 2.59 bits per heavy atom. The van der Waals surface area contributed by atoms with Gasteiger partial charge in [0.2, 0.25) is 0 Å². The third-order valence-corrected chi connectivity index (χ3v) is 5.44. The van der Waals surface area contributed by atoms with Gasteiger partial charge in [-0.25, -0.2) is 0 Å². The highest BCUT2D eigenvalue weighted by Gasteiger charge is 2.22. The first-order valence-corrected chi connectivity index (χ1v) is 7.60. The van der Waals surface area contributed by atoms with Crippen LogP contribution in [-0.2, 0) is 6.54 Å². The van der Waals surface area contributed by atoms with Crippen LogP contribution < -0.4 is 5.73 Å². The van der Waals surface area contributed by atoms with E-state index in [1.54, 1.807) is 0 Å². The minimum Gasteiger partial charge on any atom is -0.328 e. The van der Waals surface area contributed by atoms with Gasteiger partial charge in [-0.1, -0.05) is 23.2 Å². The maximum Gasteiger partial charge on any atom is 0.112 e. The van der Waals surface area contributed by atoms with Crippen LogP contribution in [0.3, 0.4) is 0 Å². The number of hydrogen-bond acceptors (Lipinski definition) is 3. The van der Waals surface area contributed by atoms with Gasteiger partial charge in [0.1, 0.15) is 4.34 Å². The Bertz CT molecular complexity index is 371. The van der Waals surface area contributed by atoms with Crippen LogP contribution in [0.1, 0.15) is 25.3 Å². The molecule has 1 atom stereocenters. The summed E-state index contributed by atoms with van der Waals surface area (Å²) < 4.78 is 0.701. The molecule has 17 heavy (non-hydrogen) atoms. The Morgan fingerprint density at radius 2 is 2.12 bits per heavy atom. The van der Waals surface area contributed by atoms with Gasteiger partial charge in [0.05, 0.1) is 5.02 Å². The number of halogens is 2. The van der Waals surface area contributed by atoms with E-state index >= 15 is 0 Å². The van der Waals surface area contributed by atoms with Crippen LogP contribution in [0.5, 0.6) is 0 Å². The fraction of sp³-hybridized carbons (Fsp3) is 0.667. The van der Waals surface area contributed by atoms with E-state index in [2.05, 4.69) is 17.2 Å². The Balaban J connectivity index is 1.88. The summed E-state index contributed by atoms with van der Waals surface area (Å²) >= 11 is 13.6. The van der Waals surface area contributed by atoms with Crippen molar-refractivity contribution in [1.29, 1.82) is 0 Å². The van der Waals surface area contributed by atoms with Gasteiger partial charge in [0.25, 0.3) is 0 Å². The predicted molar refractivity (Wildman–Crippen MR) is 76.0 cm³/mol. The molecule has 1 unspecified atom stereocenters. The number of rotatable bonds is 3. The number of likely N-dealkylation sites (tertiary alicyclic amines) is 1. The lowest BCUT2D eigenvalue weighted by molar-refractivity contribution is 0.166. The highest BCUT2D eigenvalue weighted by Crippen LogP contribution is 2.33. The van der Waals surface area contributed by atoms with Crippen molar-refractivity contribution in [2.45, 2.75) is 32.4 Å². The summed E-state index contributed by atoms with van der Waals surface area (Å²) in [6.45, 7) is 5.23. The molecule has 0 radical (unpaired) electrons. The van der Waals surface area contributed by atoms with Crippen molar-refractivity contribution in [2.75, 3.05) is 13.1 Å². The van der Waals surface area contributed by atoms with Crippen LogP contribution in [0.25, 0.3) is 0 Å². The number of thiophene rings is 1. The molecule has 1 aliphatic heterocycles. The predicted octanol–water partition coefficient (Wildman–Crippen LogP) is 3.61. The normalized spacial score (nSPS) is 20.7. The fourth-order valence-electron chi connectivity index (χ4n) is 2.34. The van der Waals surface area contributed by atoms with E-state index in [4.69, 9.17) is 28.9 Å². The lowest BCUT2D eigenvalue weighted by Crippen LogP contribution is -2.39. The zero-order valence-corrected chi connectivity index (χ0v) is 12.3. The highest BCUT2D eigenvalue weighted by atomic mass is 35.5. The molecule has 2 nitrogen and oxygen atoms in total. The van der Waals surface area contributed by atoms with Gasteiger partial charge in [0, 0.05) is 12.6 Å². The van der Waals surface area contributed by atoms with Gasteiger partial charge in [-0.05, 0) is 49.7 Å². The molecule has 1 fully saturated rings. The van der Waals surface area contributed by atoms with Crippen molar-refractivity contribution < 1.29 is 0 Å². The highest BCUT2D eigenvalue weighted by molar-refractivity contribution is 7.15. The van der Waals surface area contributed by atoms with Crippen molar-refractivity contribution in [3.8, 4) is 0 Å². The molecule has 1 aromatic heterocycles. The minimum atomic E-state index is 0.316. The maximum atomic E-state index is 6.14. The van der Waals surface area contributed by atoms with E-state index in [-0.39, 0.29) is 0 Å². The standard InChI is InChI=1S/C12H18Cl2N2S/c1-8(15)9-2-4-16(5-3-9)6-10-7-17-12(14)11(10)13/h7-9H,2-6,15H2,1H3. The first kappa shape index (κ1) is 13.6. The molecule has 1 aliphatic rings. The average Bonchev–Trinajstić information content (AvgIpc) is 2.62. The zero-order chi connectivity index (χ0) is 12.4. The van der Waals surface area contributed by atoms with Crippen molar-refractivity contribution in [3.05, 3.63) is 20.3 Å². The van der Waals surface area contributed by atoms with Gasteiger partial charge < -0.3 is 5.73 Å². The second-order valence-corrected chi connectivity index (χ2v) is 6.68. The van der Waals surface area contributed by atoms with Crippen LogP contribution in [0.15, 0.2) is 5.38 Å². The van der Waals surface area contributed by atoms with Gasteiger partial charge in [-0.2, -0.15) is 0 Å². The van der Waals surface area contributed by atoms with Crippen molar-refractivity contribution in [3.63, 3.8) is 0 Å². The molecule has 2 heterocycles. The molecule has 0 aliphatic carbocycles. The van der Waals surface area contributed by atoms with Crippen molar-refractivity contribution >= 4 is 34.5 Å². The molecule has 0 spiro atoms. The summed E-state index contributed by atoms with van der Waals surface area (Å²) in [7, 11) is 0. The average molecular weight is 293 g/mol. The third kappa shape index (κ3) is 3.36. The van der Waals surface area contributed by atoms with Crippen LogP contribution >= 0.6 is 34.5 Å². The van der Waals surface area contributed by atoms with Crippen LogP contribution in [0.2, 0.25) is 9.36 Å². The molecule has 0 bridgehead atoms. The van der Waals surface area contributed by atoms with E-state index in [0.29, 0.717) is 16.3 Å². The Labute approximate surface area is 117 Å². The van der Waals surface area contributed by atoms with E-state index in [1.165, 1.54) is 24.2 Å². The van der Waals surface area contributed by atoms with E-state index in [1.807, 2.05) is 0 Å². The molecule has 1 aromatic rings. The molecule has 5 heteroatoms. The van der Waals surface area contributed by atoms with Crippen LogP contribution in [-0.4, -0.2) is 24.0 Å². The molecule has 2 rings (SSSR count). The number of piperidine rings is 1. The summed E-state index contributed by atoms with van der Waals surface area (Å²) in [5.41, 5.74) is 7.09. The SMILES string of the molecule is CC(N)C1CCN(Cc2csc(Cl)c2Cl)CC1. The third-order valence-electron chi connectivity index (χ3n) is 3.53. The molecule has 2 N–H and O–H groups in total. The lowest BCUT2D eigenvalue weighted by Gasteiger charge is -2.33. The van der Waals surface area contributed by atoms with Crippen molar-refractivity contribution in [2.24, 2.45) is 11.7 Å². The van der Waals surface area contributed by atoms with Crippen LogP contribution in [0, 0.1) is 5.92 Å². The van der Waals surface area contributed by atoms with Gasteiger partial charge in [-0.3, -0.25) is 4.90 Å². The summed E-state index contributed by atoms with van der Waals surface area (Å²) in [6.07, 6.45) is 2.38. The smallest absolute Gasteiger partial charge is 0.112 e. The first-order valence-electron chi connectivity index (χ1n) is 5.97. The van der Waals surface area contributed by atoms with E-state index in [0.717, 1.165) is 30.2 Å². The second-order valence-electron chi connectivity index (χ2n) is 4.82. The summed E-state index contributed by atoms with van der Waals surface area (Å²) in [5, 5.41) is 2.79. The number of hydrogen-bond donors (Lipinski definition) is 1. The molecule has 96 valence electrons. The van der Waals surface area contributed by atoms with E-state index < -0.39 is 0 Å². The van der Waals surface area contributed by atoms with Crippen LogP contribution in [0.4, 0.5) is 0 Å². The molecule has 1 saturated heterocycles. The van der Waals surface area contributed by atoms with Gasteiger partial charge in [0.15, 0.2) is 0 Å². The molecule has 0 aromatic carbocycles. The minimum absolute atomic E-state index is 0.316. The maximum absolute atomic E-state index is 6.14. The van der Waals surface area contributed by atoms with Crippen molar-refractivity contribution in [1.82, 2.24) is 4.90 Å². The monoisotopic (exact) mass is 292 g/mol. The lowest BCUT2D eigenvalue weighted by atomic mass is 9.91. The van der Waals surface area contributed by atoms with E-state index in [9.17, 15) is 0 Å². The molecule has 0 saturated carbocycles. The van der Waals surface area contributed by atoms with Gasteiger partial charge >= 0.3 is 0 Å². The Kier molecular flexibility index (Phi) is 4.72. The fourth-order valence-corrected chi connectivity index (χ4v) is 3.58. The number of nitrogens with zero attached hydrogens (tertiary/aromatic N) is 1. The first-order chi connectivity index (χ1) is 8.08. The summed E-state index contributed by atoms with van der Waals surface area (Å²) in [6, 6.07) is 0.316. The topological polar surface area (TPSA) is 29.3 Å². The quantitative estimate of drug-likeness (QED) is 0.922. The second kappa shape index (κ2) is 5.89. The largest absolute Gasteiger partial charge is 0.328 e. The van der Waals surface area contributed by atoms with Gasteiger partial charge in [-0.15, -0.1) is 11.3 Å². The number of nitrogens with two attached hydrogens (primary N) is 1. The Morgan fingerprint density at radius 1 is 1.47 bits per heavy atom. The molecular weight excluding hydrogens is 275 g/mol. The zero-order valence-electron chi connectivity index (χ0n) is 9.96. The molecular formula is C12H18Cl2N2S. The summed E-state index contributed by atoms with van der Waals surface area (Å²) in [5.74, 6) is 0.674. The molecule has 0 amide bonds. The Hall–Kier alpha value is 0.200.